The molecule has 1 N–H and O–H groups in total. The van der Waals surface area contributed by atoms with Gasteiger partial charge in [-0.05, 0) is 48.7 Å². The van der Waals surface area contributed by atoms with E-state index in [0.29, 0.717) is 28.9 Å². The Morgan fingerprint density at radius 2 is 1.70 bits per heavy atom. The quantitative estimate of drug-likeness (QED) is 0.318. The summed E-state index contributed by atoms with van der Waals surface area (Å²) in [4.78, 5) is 27.6. The van der Waals surface area contributed by atoms with Crippen LogP contribution in [0.4, 0.5) is 23.2 Å². The molecule has 0 bridgehead atoms. The van der Waals surface area contributed by atoms with Gasteiger partial charge in [-0.1, -0.05) is 38.5 Å². The average Bonchev–Trinajstić information content (AvgIpc) is 2.82. The zero-order chi connectivity index (χ0) is 27.8. The van der Waals surface area contributed by atoms with E-state index >= 15 is 0 Å². The lowest BCUT2D eigenvalue weighted by molar-refractivity contribution is -0.140. The summed E-state index contributed by atoms with van der Waals surface area (Å²) in [6.07, 6.45) is -2.21. The first-order valence-corrected chi connectivity index (χ1v) is 13.6. The van der Waals surface area contributed by atoms with Crippen molar-refractivity contribution in [3.8, 4) is 0 Å². The van der Waals surface area contributed by atoms with Gasteiger partial charge in [0.05, 0.1) is 17.5 Å². The van der Waals surface area contributed by atoms with E-state index in [9.17, 15) is 35.6 Å². The molecule has 0 heterocycles. The highest BCUT2D eigenvalue weighted by atomic mass is 32.2. The summed E-state index contributed by atoms with van der Waals surface area (Å²) >= 11 is 0. The number of unbranched alkanes of at least 4 members (excludes halogenated alkanes) is 1. The Morgan fingerprint density at radius 1 is 1.05 bits per heavy atom. The van der Waals surface area contributed by atoms with Gasteiger partial charge >= 0.3 is 6.18 Å². The van der Waals surface area contributed by atoms with E-state index in [-0.39, 0.29) is 18.7 Å². The van der Waals surface area contributed by atoms with Crippen molar-refractivity contribution in [1.29, 1.82) is 0 Å². The van der Waals surface area contributed by atoms with Crippen molar-refractivity contribution in [2.24, 2.45) is 0 Å². The van der Waals surface area contributed by atoms with Crippen LogP contribution in [0.5, 0.6) is 0 Å². The number of amides is 2. The van der Waals surface area contributed by atoms with Gasteiger partial charge in [0.1, 0.15) is 18.4 Å². The lowest BCUT2D eigenvalue weighted by Gasteiger charge is -2.33. The molecule has 0 fully saturated rings. The van der Waals surface area contributed by atoms with Gasteiger partial charge < -0.3 is 10.2 Å². The second kappa shape index (κ2) is 12.9. The largest absolute Gasteiger partial charge is 0.416 e. The van der Waals surface area contributed by atoms with Crippen molar-refractivity contribution in [3.05, 3.63) is 65.5 Å². The molecule has 0 saturated carbocycles. The lowest BCUT2D eigenvalue weighted by Crippen LogP contribution is -2.52. The molecule has 2 aromatic rings. The van der Waals surface area contributed by atoms with Gasteiger partial charge in [-0.25, -0.2) is 12.8 Å². The summed E-state index contributed by atoms with van der Waals surface area (Å²) in [5, 5.41) is 2.75. The van der Waals surface area contributed by atoms with Gasteiger partial charge in [0.15, 0.2) is 0 Å². The van der Waals surface area contributed by atoms with Crippen molar-refractivity contribution in [2.75, 3.05) is 23.7 Å². The summed E-state index contributed by atoms with van der Waals surface area (Å²) in [6.45, 7) is 3.03. The Balaban J connectivity index is 2.45. The van der Waals surface area contributed by atoms with Gasteiger partial charge in [-0.3, -0.25) is 13.9 Å². The number of nitrogens with zero attached hydrogens (tertiary/aromatic N) is 2. The number of halogens is 4. The standard InChI is InChI=1S/C25H31F4N3O4S/c1-4-6-14-30-24(34)22(5-2)31(16-18-10-12-20(26)13-11-18)23(33)17-32(37(3,35)36)21-9-7-8-19(15-21)25(27,28)29/h7-13,15,22H,4-6,14,16-17H2,1-3H3,(H,30,34)/t22-/m0/s1. The van der Waals surface area contributed by atoms with Crippen LogP contribution >= 0.6 is 0 Å². The summed E-state index contributed by atoms with van der Waals surface area (Å²) in [6, 6.07) is 7.88. The minimum absolute atomic E-state index is 0.140. The number of hydrogen-bond acceptors (Lipinski definition) is 4. The molecule has 0 radical (unpaired) electrons. The third-order valence-corrected chi connectivity index (χ3v) is 6.76. The number of carbonyl (C=O) groups is 2. The van der Waals surface area contributed by atoms with E-state index < -0.39 is 52.0 Å². The molecule has 1 atom stereocenters. The monoisotopic (exact) mass is 545 g/mol. The van der Waals surface area contributed by atoms with E-state index in [1.807, 2.05) is 6.92 Å². The molecular weight excluding hydrogens is 514 g/mol. The van der Waals surface area contributed by atoms with Gasteiger partial charge in [-0.15, -0.1) is 0 Å². The third kappa shape index (κ3) is 8.73. The summed E-state index contributed by atoms with van der Waals surface area (Å²) in [5.41, 5.74) is -0.927. The smallest absolute Gasteiger partial charge is 0.354 e. The second-order valence-electron chi connectivity index (χ2n) is 8.53. The number of carbonyl (C=O) groups excluding carboxylic acids is 2. The topological polar surface area (TPSA) is 86.8 Å². The van der Waals surface area contributed by atoms with Gasteiger partial charge in [0, 0.05) is 13.1 Å². The predicted molar refractivity (Wildman–Crippen MR) is 133 cm³/mol. The summed E-state index contributed by atoms with van der Waals surface area (Å²) in [7, 11) is -4.19. The molecule has 7 nitrogen and oxygen atoms in total. The molecule has 0 saturated heterocycles. The van der Waals surface area contributed by atoms with Crippen LogP contribution in [0, 0.1) is 5.82 Å². The highest BCUT2D eigenvalue weighted by molar-refractivity contribution is 7.92. The number of benzene rings is 2. The number of anilines is 1. The van der Waals surface area contributed by atoms with E-state index in [4.69, 9.17) is 0 Å². The first-order valence-electron chi connectivity index (χ1n) is 11.7. The minimum atomic E-state index is -4.72. The molecule has 0 unspecified atom stereocenters. The number of alkyl halides is 3. The predicted octanol–water partition coefficient (Wildman–Crippen LogP) is 4.33. The van der Waals surface area contributed by atoms with Crippen LogP contribution in [0.25, 0.3) is 0 Å². The molecule has 2 rings (SSSR count). The fourth-order valence-corrected chi connectivity index (χ4v) is 4.50. The van der Waals surface area contributed by atoms with Crippen LogP contribution in [-0.4, -0.2) is 50.5 Å². The zero-order valence-corrected chi connectivity index (χ0v) is 21.7. The number of rotatable bonds is 12. The minimum Gasteiger partial charge on any atom is -0.354 e. The SMILES string of the molecule is CCCCNC(=O)[C@H](CC)N(Cc1ccc(F)cc1)C(=O)CN(c1cccc(C(F)(F)F)c1)S(C)(=O)=O. The van der Waals surface area contributed by atoms with Crippen molar-refractivity contribution in [3.63, 3.8) is 0 Å². The molecule has 0 spiro atoms. The maximum atomic E-state index is 13.5. The van der Waals surface area contributed by atoms with Gasteiger partial charge in [0.25, 0.3) is 0 Å². The zero-order valence-electron chi connectivity index (χ0n) is 20.9. The van der Waals surface area contributed by atoms with Crippen LogP contribution in [-0.2, 0) is 32.3 Å². The molecule has 204 valence electrons. The second-order valence-corrected chi connectivity index (χ2v) is 10.4. The molecule has 0 aliphatic carbocycles. The van der Waals surface area contributed by atoms with E-state index in [1.165, 1.54) is 29.2 Å². The fourth-order valence-electron chi connectivity index (χ4n) is 3.66. The maximum absolute atomic E-state index is 13.5. The molecule has 0 aromatic heterocycles. The van der Waals surface area contributed by atoms with E-state index in [1.54, 1.807) is 6.92 Å². The van der Waals surface area contributed by atoms with Gasteiger partial charge in [0.2, 0.25) is 21.8 Å². The third-order valence-electron chi connectivity index (χ3n) is 5.62. The molecule has 2 aromatic carbocycles. The van der Waals surface area contributed by atoms with Crippen LogP contribution in [0.2, 0.25) is 0 Å². The van der Waals surface area contributed by atoms with Crippen molar-refractivity contribution in [1.82, 2.24) is 10.2 Å². The molecule has 2 amide bonds. The molecule has 0 aliphatic rings. The van der Waals surface area contributed by atoms with Crippen molar-refractivity contribution in [2.45, 2.75) is 51.9 Å². The first-order chi connectivity index (χ1) is 17.3. The number of hydrogen-bond donors (Lipinski definition) is 1. The Bertz CT molecular complexity index is 1170. The van der Waals surface area contributed by atoms with Crippen LogP contribution < -0.4 is 9.62 Å². The molecule has 0 aliphatic heterocycles. The van der Waals surface area contributed by atoms with Crippen molar-refractivity contribution >= 4 is 27.5 Å². The van der Waals surface area contributed by atoms with Crippen molar-refractivity contribution < 1.29 is 35.6 Å². The van der Waals surface area contributed by atoms with Crippen LogP contribution in [0.3, 0.4) is 0 Å². The summed E-state index contributed by atoms with van der Waals surface area (Å²) in [5.74, 6) is -1.75. The Hall–Kier alpha value is -3.15. The van der Waals surface area contributed by atoms with Gasteiger partial charge in [-0.2, -0.15) is 13.2 Å². The number of sulfonamides is 1. The molecule has 12 heteroatoms. The molecular formula is C25H31F4N3O4S. The average molecular weight is 546 g/mol. The van der Waals surface area contributed by atoms with Crippen LogP contribution in [0.1, 0.15) is 44.2 Å². The highest BCUT2D eigenvalue weighted by Gasteiger charge is 2.34. The first kappa shape index (κ1) is 30.1. The summed E-state index contributed by atoms with van der Waals surface area (Å²) < 4.78 is 78.8. The van der Waals surface area contributed by atoms with Crippen LogP contribution in [0.15, 0.2) is 48.5 Å². The Kier molecular flexibility index (Phi) is 10.5. The number of nitrogens with one attached hydrogen (secondary N) is 1. The highest BCUT2D eigenvalue weighted by Crippen LogP contribution is 2.32. The normalized spacial score (nSPS) is 12.6. The Labute approximate surface area is 214 Å². The molecule has 37 heavy (non-hydrogen) atoms. The van der Waals surface area contributed by atoms with E-state index in [2.05, 4.69) is 5.32 Å². The lowest BCUT2D eigenvalue weighted by atomic mass is 10.1. The Morgan fingerprint density at radius 3 is 2.24 bits per heavy atom. The maximum Gasteiger partial charge on any atom is 0.416 e. The fraction of sp³-hybridized carbons (Fsp3) is 0.440. The van der Waals surface area contributed by atoms with E-state index in [0.717, 1.165) is 30.9 Å².